The molecule has 2 nitrogen and oxygen atoms in total. The van der Waals surface area contributed by atoms with Gasteiger partial charge in [0.05, 0.1) is 9.75 Å². The van der Waals surface area contributed by atoms with Gasteiger partial charge < -0.3 is 4.74 Å². The van der Waals surface area contributed by atoms with Crippen molar-refractivity contribution in [2.45, 2.75) is 170 Å². The molecule has 67 heavy (non-hydrogen) atoms. The van der Waals surface area contributed by atoms with Crippen LogP contribution in [0, 0.1) is 0 Å². The summed E-state index contributed by atoms with van der Waals surface area (Å²) in [5.74, 6) is -0.355. The summed E-state index contributed by atoms with van der Waals surface area (Å²) in [6, 6.07) is 30.7. The maximum atomic E-state index is 12.8. The molecule has 0 spiro atoms. The first-order valence-electron chi connectivity index (χ1n) is 25.4. The topological polar surface area (TPSA) is 26.3 Å². The SMILES string of the molecule is C=C(C)C(=O)OCc1cc(-c2cc(-c3ccc(CCCCCC)s3)c(-c3ccc(CCCCCC)s3)s2)cc(-c2cc(-c3ccc(CCCCCC)s3)c(-c3ccc(CCCCCC)s3)s2)c1. The van der Waals surface area contributed by atoms with Crippen LogP contribution in [-0.4, -0.2) is 5.97 Å². The standard InChI is InChI=1S/C59H72O2S6/c1-7-11-15-19-23-45-27-31-51(62-45)49-38-55(66-57(49)53-33-29-47(64-53)25-21-17-13-9-3)43-35-42(40-61-59(60)41(5)6)36-44(37-43)56-39-50(52-32-28-46(63-52)24-20-16-12-8-2)58(67-56)54-34-30-48(65-54)26-22-18-14-10-4/h27-39H,5,7-26,40H2,1-4,6H3. The number of carbonyl (C=O) groups excluding carboxylic acids is 1. The first-order chi connectivity index (χ1) is 32.8. The normalized spacial score (nSPS) is 11.5. The summed E-state index contributed by atoms with van der Waals surface area (Å²) in [7, 11) is 0. The number of hydrogen-bond donors (Lipinski definition) is 0. The van der Waals surface area contributed by atoms with Gasteiger partial charge in [0, 0.05) is 65.5 Å². The van der Waals surface area contributed by atoms with Crippen molar-refractivity contribution in [1.29, 1.82) is 0 Å². The second-order valence-corrected chi connectivity index (χ2v) is 25.1. The fourth-order valence-electron chi connectivity index (χ4n) is 8.62. The fraction of sp³-hybridized carbons (Fsp3) is 0.441. The van der Waals surface area contributed by atoms with E-state index in [1.54, 1.807) is 6.92 Å². The largest absolute Gasteiger partial charge is 0.457 e. The Morgan fingerprint density at radius 2 is 0.791 bits per heavy atom. The summed E-state index contributed by atoms with van der Waals surface area (Å²) in [6.07, 6.45) is 25.0. The number of hydrogen-bond acceptors (Lipinski definition) is 8. The quantitative estimate of drug-likeness (QED) is 0.0265. The van der Waals surface area contributed by atoms with Gasteiger partial charge in [-0.15, -0.1) is 68.0 Å². The lowest BCUT2D eigenvalue weighted by molar-refractivity contribution is -0.140. The van der Waals surface area contributed by atoms with E-state index in [1.165, 1.54) is 172 Å². The Bertz CT molecular complexity index is 2320. The molecule has 1 aromatic carbocycles. The maximum Gasteiger partial charge on any atom is 0.333 e. The molecule has 7 rings (SSSR count). The number of thiophene rings is 6. The van der Waals surface area contributed by atoms with Crippen LogP contribution in [0.15, 0.2) is 91.0 Å². The molecule has 0 radical (unpaired) electrons. The molecule has 0 saturated carbocycles. The Morgan fingerprint density at radius 3 is 1.15 bits per heavy atom. The molecular weight excluding hydrogens is 933 g/mol. The Kier molecular flexibility index (Phi) is 20.4. The summed E-state index contributed by atoms with van der Waals surface area (Å²) in [5.41, 5.74) is 6.39. The van der Waals surface area contributed by atoms with E-state index in [0.29, 0.717) is 5.57 Å². The van der Waals surface area contributed by atoms with Gasteiger partial charge in [-0.05, 0) is 154 Å². The number of rotatable bonds is 29. The molecular formula is C59H72O2S6. The molecule has 0 unspecified atom stereocenters. The van der Waals surface area contributed by atoms with E-state index < -0.39 is 0 Å². The molecule has 0 aliphatic carbocycles. The summed E-state index contributed by atoms with van der Waals surface area (Å²) in [6.45, 7) is 14.9. The molecule has 0 N–H and O–H groups in total. The van der Waals surface area contributed by atoms with Crippen molar-refractivity contribution in [2.24, 2.45) is 0 Å². The summed E-state index contributed by atoms with van der Waals surface area (Å²) >= 11 is 11.7. The molecule has 0 amide bonds. The summed E-state index contributed by atoms with van der Waals surface area (Å²) in [4.78, 5) is 29.3. The molecule has 7 aromatic rings. The third-order valence-electron chi connectivity index (χ3n) is 12.5. The highest BCUT2D eigenvalue weighted by molar-refractivity contribution is 7.26. The van der Waals surface area contributed by atoms with Crippen LogP contribution < -0.4 is 0 Å². The van der Waals surface area contributed by atoms with Gasteiger partial charge in [0.25, 0.3) is 0 Å². The molecule has 0 saturated heterocycles. The van der Waals surface area contributed by atoms with Crippen molar-refractivity contribution >= 4 is 74.0 Å². The molecule has 0 bridgehead atoms. The zero-order valence-electron chi connectivity index (χ0n) is 40.8. The van der Waals surface area contributed by atoms with E-state index >= 15 is 0 Å². The smallest absolute Gasteiger partial charge is 0.333 e. The van der Waals surface area contributed by atoms with Crippen molar-refractivity contribution in [3.63, 3.8) is 0 Å². The molecule has 6 heterocycles. The number of ether oxygens (including phenoxy) is 1. The second-order valence-electron chi connectivity index (χ2n) is 18.3. The van der Waals surface area contributed by atoms with E-state index in [1.807, 2.05) is 68.0 Å². The van der Waals surface area contributed by atoms with Crippen LogP contribution in [0.5, 0.6) is 0 Å². The van der Waals surface area contributed by atoms with Gasteiger partial charge >= 0.3 is 5.97 Å². The van der Waals surface area contributed by atoms with E-state index in [0.717, 1.165) is 42.4 Å². The van der Waals surface area contributed by atoms with E-state index in [4.69, 9.17) is 4.74 Å². The van der Waals surface area contributed by atoms with Crippen molar-refractivity contribution in [1.82, 2.24) is 0 Å². The van der Waals surface area contributed by atoms with Gasteiger partial charge in [0.1, 0.15) is 6.61 Å². The second kappa shape index (κ2) is 26.6. The Morgan fingerprint density at radius 1 is 0.433 bits per heavy atom. The summed E-state index contributed by atoms with van der Waals surface area (Å²) < 4.78 is 5.88. The minimum Gasteiger partial charge on any atom is -0.457 e. The van der Waals surface area contributed by atoms with Crippen LogP contribution >= 0.6 is 68.0 Å². The Balaban J connectivity index is 1.30. The van der Waals surface area contributed by atoms with Crippen molar-refractivity contribution in [2.75, 3.05) is 0 Å². The van der Waals surface area contributed by atoms with Crippen molar-refractivity contribution < 1.29 is 9.53 Å². The average Bonchev–Trinajstić information content (AvgIpc) is 4.20. The Labute approximate surface area is 427 Å². The van der Waals surface area contributed by atoms with E-state index in [2.05, 4.69) is 113 Å². The number of carbonyl (C=O) groups is 1. The van der Waals surface area contributed by atoms with Crippen LogP contribution in [0.1, 0.15) is 162 Å². The third kappa shape index (κ3) is 14.6. The van der Waals surface area contributed by atoms with Gasteiger partial charge in [0.2, 0.25) is 0 Å². The first-order valence-corrected chi connectivity index (χ1v) is 30.3. The monoisotopic (exact) mass is 1000 g/mol. The van der Waals surface area contributed by atoms with Gasteiger partial charge in [-0.25, -0.2) is 4.79 Å². The van der Waals surface area contributed by atoms with Crippen molar-refractivity contribution in [3.8, 4) is 61.3 Å². The van der Waals surface area contributed by atoms with Crippen LogP contribution in [0.2, 0.25) is 0 Å². The zero-order chi connectivity index (χ0) is 47.0. The first kappa shape index (κ1) is 51.5. The Hall–Kier alpha value is -3.37. The van der Waals surface area contributed by atoms with Crippen LogP contribution in [0.25, 0.3) is 61.3 Å². The predicted octanol–water partition coefficient (Wildman–Crippen LogP) is 21.2. The number of aryl methyl sites for hydroxylation is 4. The van der Waals surface area contributed by atoms with Crippen molar-refractivity contribution in [3.05, 3.63) is 116 Å². The molecule has 0 atom stereocenters. The minimum atomic E-state index is -0.355. The highest BCUT2D eigenvalue weighted by Crippen LogP contribution is 2.50. The van der Waals surface area contributed by atoms with E-state index in [-0.39, 0.29) is 12.6 Å². The van der Waals surface area contributed by atoms with E-state index in [9.17, 15) is 4.79 Å². The highest BCUT2D eigenvalue weighted by atomic mass is 32.1. The van der Waals surface area contributed by atoms with Gasteiger partial charge in [0.15, 0.2) is 0 Å². The lowest BCUT2D eigenvalue weighted by Gasteiger charge is -2.09. The zero-order valence-corrected chi connectivity index (χ0v) is 45.7. The van der Waals surface area contributed by atoms with Gasteiger partial charge in [-0.2, -0.15) is 0 Å². The van der Waals surface area contributed by atoms with Gasteiger partial charge in [-0.3, -0.25) is 0 Å². The average molecular weight is 1010 g/mol. The maximum absolute atomic E-state index is 12.8. The number of esters is 1. The number of unbranched alkanes of at least 4 members (excludes halogenated alkanes) is 12. The summed E-state index contributed by atoms with van der Waals surface area (Å²) in [5, 5.41) is 0. The molecule has 356 valence electrons. The lowest BCUT2D eigenvalue weighted by atomic mass is 10.0. The molecule has 0 aliphatic heterocycles. The van der Waals surface area contributed by atoms with Crippen LogP contribution in [0.3, 0.4) is 0 Å². The van der Waals surface area contributed by atoms with Gasteiger partial charge in [-0.1, -0.05) is 111 Å². The lowest BCUT2D eigenvalue weighted by Crippen LogP contribution is -2.05. The highest BCUT2D eigenvalue weighted by Gasteiger charge is 2.22. The molecule has 8 heteroatoms. The third-order valence-corrected chi connectivity index (χ3v) is 19.9. The van der Waals surface area contributed by atoms with Crippen LogP contribution in [-0.2, 0) is 41.8 Å². The molecule has 0 fully saturated rings. The minimum absolute atomic E-state index is 0.194. The fourth-order valence-corrected chi connectivity index (χ4v) is 15.6. The van der Waals surface area contributed by atoms with Crippen LogP contribution in [0.4, 0.5) is 0 Å². The number of benzene rings is 1. The molecule has 6 aromatic heterocycles. The predicted molar refractivity (Wildman–Crippen MR) is 302 cm³/mol. The molecule has 0 aliphatic rings.